The van der Waals surface area contributed by atoms with Gasteiger partial charge < -0.3 is 4.98 Å². The average molecular weight is 293 g/mol. The Morgan fingerprint density at radius 3 is 3.05 bits per heavy atom. The standard InChI is InChI=1S/C14H13ClN2OS/c1-8-2-3-9(11(15)6-8)13-16-12-4-5-19-7-10(12)14(18)17-13/h2-3,6H,4-5,7H2,1H3,(H,16,17,18). The van der Waals surface area contributed by atoms with Gasteiger partial charge in [0.2, 0.25) is 0 Å². The van der Waals surface area contributed by atoms with Crippen molar-refractivity contribution in [3.05, 3.63) is 50.4 Å². The van der Waals surface area contributed by atoms with Crippen LogP contribution in [0.15, 0.2) is 23.0 Å². The van der Waals surface area contributed by atoms with Gasteiger partial charge in [0, 0.05) is 16.9 Å². The van der Waals surface area contributed by atoms with E-state index in [1.807, 2.05) is 25.1 Å². The number of thioether (sulfide) groups is 1. The molecule has 1 aromatic heterocycles. The van der Waals surface area contributed by atoms with Crippen molar-refractivity contribution < 1.29 is 0 Å². The Morgan fingerprint density at radius 1 is 1.42 bits per heavy atom. The Labute approximate surface area is 120 Å². The van der Waals surface area contributed by atoms with Gasteiger partial charge in [0.15, 0.2) is 0 Å². The first-order chi connectivity index (χ1) is 9.15. The molecule has 1 N–H and O–H groups in total. The van der Waals surface area contributed by atoms with Gasteiger partial charge in [-0.3, -0.25) is 4.79 Å². The Balaban J connectivity index is 2.15. The van der Waals surface area contributed by atoms with Crippen molar-refractivity contribution >= 4 is 23.4 Å². The monoisotopic (exact) mass is 292 g/mol. The molecule has 5 heteroatoms. The predicted molar refractivity (Wildman–Crippen MR) is 79.9 cm³/mol. The van der Waals surface area contributed by atoms with Gasteiger partial charge >= 0.3 is 0 Å². The first-order valence-corrected chi connectivity index (χ1v) is 7.65. The second kappa shape index (κ2) is 5.02. The highest BCUT2D eigenvalue weighted by atomic mass is 35.5. The topological polar surface area (TPSA) is 45.8 Å². The van der Waals surface area contributed by atoms with Crippen molar-refractivity contribution in [2.24, 2.45) is 0 Å². The van der Waals surface area contributed by atoms with E-state index in [1.165, 1.54) is 0 Å². The molecule has 0 unspecified atom stereocenters. The van der Waals surface area contributed by atoms with E-state index >= 15 is 0 Å². The molecular formula is C14H13ClN2OS. The van der Waals surface area contributed by atoms with E-state index in [1.54, 1.807) is 11.8 Å². The highest BCUT2D eigenvalue weighted by molar-refractivity contribution is 7.98. The maximum atomic E-state index is 12.1. The van der Waals surface area contributed by atoms with Gasteiger partial charge in [-0.05, 0) is 36.8 Å². The molecule has 0 saturated carbocycles. The van der Waals surface area contributed by atoms with Crippen molar-refractivity contribution in [1.29, 1.82) is 0 Å². The molecular weight excluding hydrogens is 280 g/mol. The van der Waals surface area contributed by atoms with Gasteiger partial charge in [-0.1, -0.05) is 17.7 Å². The fraction of sp³-hybridized carbons (Fsp3) is 0.286. The third-order valence-corrected chi connectivity index (χ3v) is 4.51. The fourth-order valence-corrected chi connectivity index (χ4v) is 3.49. The second-order valence-corrected chi connectivity index (χ2v) is 6.14. The lowest BCUT2D eigenvalue weighted by molar-refractivity contribution is 0.938. The Morgan fingerprint density at radius 2 is 2.26 bits per heavy atom. The summed E-state index contributed by atoms with van der Waals surface area (Å²) in [6, 6.07) is 5.75. The minimum atomic E-state index is -0.0381. The van der Waals surface area contributed by atoms with Gasteiger partial charge in [-0.2, -0.15) is 11.8 Å². The van der Waals surface area contributed by atoms with Crippen molar-refractivity contribution in [1.82, 2.24) is 9.97 Å². The minimum Gasteiger partial charge on any atom is -0.306 e. The zero-order valence-electron chi connectivity index (χ0n) is 10.5. The van der Waals surface area contributed by atoms with Gasteiger partial charge in [-0.15, -0.1) is 0 Å². The molecule has 98 valence electrons. The van der Waals surface area contributed by atoms with E-state index < -0.39 is 0 Å². The van der Waals surface area contributed by atoms with Gasteiger partial charge in [0.1, 0.15) is 5.82 Å². The van der Waals surface area contributed by atoms with Crippen LogP contribution in [0.25, 0.3) is 11.4 Å². The second-order valence-electron chi connectivity index (χ2n) is 4.63. The van der Waals surface area contributed by atoms with Crippen LogP contribution in [0.4, 0.5) is 0 Å². The Hall–Kier alpha value is -1.26. The number of aromatic amines is 1. The quantitative estimate of drug-likeness (QED) is 0.878. The molecule has 2 heterocycles. The van der Waals surface area contributed by atoms with Crippen molar-refractivity contribution in [3.8, 4) is 11.4 Å². The highest BCUT2D eigenvalue weighted by Gasteiger charge is 2.17. The molecule has 0 atom stereocenters. The molecule has 0 bridgehead atoms. The van der Waals surface area contributed by atoms with E-state index in [4.69, 9.17) is 11.6 Å². The van der Waals surface area contributed by atoms with Crippen LogP contribution in [0.1, 0.15) is 16.8 Å². The third-order valence-electron chi connectivity index (χ3n) is 3.21. The molecule has 19 heavy (non-hydrogen) atoms. The van der Waals surface area contributed by atoms with E-state index in [2.05, 4.69) is 9.97 Å². The van der Waals surface area contributed by atoms with Crippen LogP contribution in [0.2, 0.25) is 5.02 Å². The van der Waals surface area contributed by atoms with Crippen LogP contribution in [-0.4, -0.2) is 15.7 Å². The molecule has 2 aromatic rings. The third kappa shape index (κ3) is 2.42. The normalized spacial score (nSPS) is 14.2. The zero-order valence-corrected chi connectivity index (χ0v) is 12.1. The highest BCUT2D eigenvalue weighted by Crippen LogP contribution is 2.27. The number of aryl methyl sites for hydroxylation is 2. The summed E-state index contributed by atoms with van der Waals surface area (Å²) >= 11 is 8.01. The lowest BCUT2D eigenvalue weighted by Crippen LogP contribution is -2.21. The van der Waals surface area contributed by atoms with Crippen molar-refractivity contribution in [3.63, 3.8) is 0 Å². The van der Waals surface area contributed by atoms with Gasteiger partial charge in [-0.25, -0.2) is 4.98 Å². The molecule has 1 aliphatic heterocycles. The molecule has 0 amide bonds. The minimum absolute atomic E-state index is 0.0381. The molecule has 0 spiro atoms. The van der Waals surface area contributed by atoms with E-state index in [0.29, 0.717) is 10.8 Å². The number of hydrogen-bond acceptors (Lipinski definition) is 3. The van der Waals surface area contributed by atoms with E-state index in [9.17, 15) is 4.79 Å². The maximum Gasteiger partial charge on any atom is 0.255 e. The number of nitrogens with zero attached hydrogens (tertiary/aromatic N) is 1. The predicted octanol–water partition coefficient (Wildman–Crippen LogP) is 3.19. The number of benzene rings is 1. The summed E-state index contributed by atoms with van der Waals surface area (Å²) in [4.78, 5) is 19.5. The number of nitrogens with one attached hydrogen (secondary N) is 1. The molecule has 0 saturated heterocycles. The lowest BCUT2D eigenvalue weighted by atomic mass is 10.1. The lowest BCUT2D eigenvalue weighted by Gasteiger charge is -2.14. The summed E-state index contributed by atoms with van der Waals surface area (Å²) < 4.78 is 0. The number of halogens is 1. The summed E-state index contributed by atoms with van der Waals surface area (Å²) in [7, 11) is 0. The van der Waals surface area contributed by atoms with Crippen LogP contribution in [0, 0.1) is 6.92 Å². The Kier molecular flexibility index (Phi) is 3.37. The number of hydrogen-bond donors (Lipinski definition) is 1. The van der Waals surface area contributed by atoms with Crippen molar-refractivity contribution in [2.45, 2.75) is 19.1 Å². The summed E-state index contributed by atoms with van der Waals surface area (Å²) in [5.74, 6) is 2.34. The smallest absolute Gasteiger partial charge is 0.255 e. The van der Waals surface area contributed by atoms with Gasteiger partial charge in [0.25, 0.3) is 5.56 Å². The number of fused-ring (bicyclic) bond motifs is 1. The maximum absolute atomic E-state index is 12.1. The first kappa shape index (κ1) is 12.8. The van der Waals surface area contributed by atoms with E-state index in [-0.39, 0.29) is 5.56 Å². The molecule has 1 aromatic carbocycles. The largest absolute Gasteiger partial charge is 0.306 e. The van der Waals surface area contributed by atoms with Crippen LogP contribution in [0.5, 0.6) is 0 Å². The fourth-order valence-electron chi connectivity index (χ4n) is 2.18. The zero-order chi connectivity index (χ0) is 13.4. The molecule has 1 aliphatic rings. The summed E-state index contributed by atoms with van der Waals surface area (Å²) in [5, 5.41) is 0.619. The summed E-state index contributed by atoms with van der Waals surface area (Å²) in [5.41, 5.74) is 3.55. The number of rotatable bonds is 1. The number of aromatic nitrogens is 2. The number of H-pyrrole nitrogens is 1. The Bertz CT molecular complexity index is 696. The molecule has 3 nitrogen and oxygen atoms in total. The molecule has 3 rings (SSSR count). The van der Waals surface area contributed by atoms with E-state index in [0.717, 1.165) is 40.3 Å². The first-order valence-electron chi connectivity index (χ1n) is 6.11. The molecule has 0 aliphatic carbocycles. The molecule has 0 fully saturated rings. The van der Waals surface area contributed by atoms with Gasteiger partial charge in [0.05, 0.1) is 10.7 Å². The molecule has 0 radical (unpaired) electrons. The summed E-state index contributed by atoms with van der Waals surface area (Å²) in [6.07, 6.45) is 0.848. The van der Waals surface area contributed by atoms with Crippen LogP contribution >= 0.6 is 23.4 Å². The van der Waals surface area contributed by atoms with Crippen LogP contribution in [0.3, 0.4) is 0 Å². The van der Waals surface area contributed by atoms with Crippen molar-refractivity contribution in [2.75, 3.05) is 5.75 Å². The summed E-state index contributed by atoms with van der Waals surface area (Å²) in [6.45, 7) is 1.98. The van der Waals surface area contributed by atoms with Crippen LogP contribution < -0.4 is 5.56 Å². The SMILES string of the molecule is Cc1ccc(-c2nc3c(c(=O)[nH]2)CSCC3)c(Cl)c1. The van der Waals surface area contributed by atoms with Crippen LogP contribution in [-0.2, 0) is 12.2 Å². The average Bonchev–Trinajstić information content (AvgIpc) is 2.38.